The Hall–Kier alpha value is -2.94. The standard InChI is InChI=1S/C22H20Cl2N2O5S/c1-30-17-10-8-16(9-11-17)25-22(27)14-26(19-5-3-4-6-20(19)31-2)32(28,29)21-13-15(23)7-12-18(21)24/h3-13H,14H2,1-2H3,(H,25,27). The van der Waals surface area contributed by atoms with E-state index in [2.05, 4.69) is 5.32 Å². The van der Waals surface area contributed by atoms with Gasteiger partial charge >= 0.3 is 0 Å². The van der Waals surface area contributed by atoms with Crippen LogP contribution in [0, 0.1) is 0 Å². The summed E-state index contributed by atoms with van der Waals surface area (Å²) in [5.74, 6) is 0.325. The van der Waals surface area contributed by atoms with Crippen molar-refractivity contribution in [2.45, 2.75) is 4.90 Å². The Morgan fingerprint density at radius 1 is 0.969 bits per heavy atom. The third kappa shape index (κ3) is 5.27. The maximum Gasteiger partial charge on any atom is 0.266 e. The zero-order chi connectivity index (χ0) is 23.3. The van der Waals surface area contributed by atoms with Crippen molar-refractivity contribution < 1.29 is 22.7 Å². The van der Waals surface area contributed by atoms with Gasteiger partial charge in [0, 0.05) is 10.7 Å². The maximum absolute atomic E-state index is 13.6. The Morgan fingerprint density at radius 3 is 2.31 bits per heavy atom. The molecule has 0 heterocycles. The molecule has 7 nitrogen and oxygen atoms in total. The third-order valence-corrected chi connectivity index (χ3v) is 6.95. The monoisotopic (exact) mass is 494 g/mol. The van der Waals surface area contributed by atoms with Crippen molar-refractivity contribution in [2.75, 3.05) is 30.4 Å². The average Bonchev–Trinajstić information content (AvgIpc) is 2.79. The number of carbonyl (C=O) groups excluding carboxylic acids is 1. The van der Waals surface area contributed by atoms with E-state index in [4.69, 9.17) is 32.7 Å². The number of nitrogens with one attached hydrogen (secondary N) is 1. The van der Waals surface area contributed by atoms with Gasteiger partial charge in [-0.25, -0.2) is 8.42 Å². The van der Waals surface area contributed by atoms with E-state index in [-0.39, 0.29) is 26.4 Å². The summed E-state index contributed by atoms with van der Waals surface area (Å²) in [7, 11) is -1.34. The van der Waals surface area contributed by atoms with E-state index in [0.717, 1.165) is 4.31 Å². The second kappa shape index (κ2) is 10.1. The lowest BCUT2D eigenvalue weighted by Gasteiger charge is -2.26. The summed E-state index contributed by atoms with van der Waals surface area (Å²) in [6, 6.07) is 17.2. The Bertz CT molecular complexity index is 1220. The van der Waals surface area contributed by atoms with Gasteiger partial charge in [0.25, 0.3) is 10.0 Å². The molecular formula is C22H20Cl2N2O5S. The summed E-state index contributed by atoms with van der Waals surface area (Å²) in [5.41, 5.74) is 0.657. The molecule has 0 aromatic heterocycles. The molecule has 0 saturated heterocycles. The first-order chi connectivity index (χ1) is 15.3. The highest BCUT2D eigenvalue weighted by molar-refractivity contribution is 7.93. The molecule has 10 heteroatoms. The predicted molar refractivity (Wildman–Crippen MR) is 126 cm³/mol. The first kappa shape index (κ1) is 23.7. The predicted octanol–water partition coefficient (Wildman–Crippen LogP) is 4.84. The van der Waals surface area contributed by atoms with Crippen LogP contribution < -0.4 is 19.1 Å². The number of sulfonamides is 1. The lowest BCUT2D eigenvalue weighted by molar-refractivity contribution is -0.114. The van der Waals surface area contributed by atoms with Crippen molar-refractivity contribution in [3.05, 3.63) is 76.8 Å². The number of para-hydroxylation sites is 2. The molecule has 0 spiro atoms. The van der Waals surface area contributed by atoms with Gasteiger partial charge in [-0.3, -0.25) is 9.10 Å². The van der Waals surface area contributed by atoms with E-state index in [0.29, 0.717) is 11.4 Å². The molecule has 0 fully saturated rings. The van der Waals surface area contributed by atoms with Crippen LogP contribution in [-0.4, -0.2) is 35.1 Å². The SMILES string of the molecule is COc1ccc(NC(=O)CN(c2ccccc2OC)S(=O)(=O)c2cc(Cl)ccc2Cl)cc1. The van der Waals surface area contributed by atoms with Crippen LogP contribution in [-0.2, 0) is 14.8 Å². The van der Waals surface area contributed by atoms with Gasteiger partial charge < -0.3 is 14.8 Å². The van der Waals surface area contributed by atoms with Gasteiger partial charge in [-0.15, -0.1) is 0 Å². The number of amides is 1. The normalized spacial score (nSPS) is 11.0. The molecule has 0 unspecified atom stereocenters. The zero-order valence-electron chi connectivity index (χ0n) is 17.2. The minimum atomic E-state index is -4.28. The largest absolute Gasteiger partial charge is 0.497 e. The van der Waals surface area contributed by atoms with E-state index in [1.807, 2.05) is 0 Å². The Morgan fingerprint density at radius 2 is 1.66 bits per heavy atom. The molecule has 1 amide bonds. The highest BCUT2D eigenvalue weighted by atomic mass is 35.5. The van der Waals surface area contributed by atoms with Crippen LogP contribution in [0.25, 0.3) is 0 Å². The van der Waals surface area contributed by atoms with E-state index in [1.54, 1.807) is 42.5 Å². The molecule has 0 aliphatic carbocycles. The molecule has 0 atom stereocenters. The van der Waals surface area contributed by atoms with Gasteiger partial charge in [0.05, 0.1) is 24.9 Å². The molecule has 3 rings (SSSR count). The van der Waals surface area contributed by atoms with Crippen LogP contribution in [0.5, 0.6) is 11.5 Å². The molecule has 0 radical (unpaired) electrons. The summed E-state index contributed by atoms with van der Waals surface area (Å²) in [6.07, 6.45) is 0. The minimum Gasteiger partial charge on any atom is -0.497 e. The van der Waals surface area contributed by atoms with Gasteiger partial charge in [0.2, 0.25) is 5.91 Å². The molecule has 3 aromatic rings. The Balaban J connectivity index is 2.01. The van der Waals surface area contributed by atoms with E-state index in [1.165, 1.54) is 38.5 Å². The van der Waals surface area contributed by atoms with Crippen molar-refractivity contribution >= 4 is 50.5 Å². The van der Waals surface area contributed by atoms with Crippen molar-refractivity contribution in [3.8, 4) is 11.5 Å². The molecule has 3 aromatic carbocycles. The van der Waals surface area contributed by atoms with Crippen LogP contribution in [0.15, 0.2) is 71.6 Å². The number of carbonyl (C=O) groups is 1. The van der Waals surface area contributed by atoms with Crippen LogP contribution in [0.1, 0.15) is 0 Å². The summed E-state index contributed by atoms with van der Waals surface area (Å²) < 4.78 is 38.5. The minimum absolute atomic E-state index is 0.0233. The number of halogens is 2. The second-order valence-corrected chi connectivity index (χ2v) is 9.21. The molecule has 0 aliphatic rings. The third-order valence-electron chi connectivity index (χ3n) is 4.48. The molecule has 168 valence electrons. The molecular weight excluding hydrogens is 475 g/mol. The fourth-order valence-corrected chi connectivity index (χ4v) is 5.11. The fraction of sp³-hybridized carbons (Fsp3) is 0.136. The fourth-order valence-electron chi connectivity index (χ4n) is 2.93. The molecule has 0 saturated carbocycles. The van der Waals surface area contributed by atoms with Crippen molar-refractivity contribution in [1.82, 2.24) is 0 Å². The van der Waals surface area contributed by atoms with Gasteiger partial charge in [0.1, 0.15) is 22.9 Å². The number of hydrogen-bond acceptors (Lipinski definition) is 5. The highest BCUT2D eigenvalue weighted by Crippen LogP contribution is 2.35. The zero-order valence-corrected chi connectivity index (χ0v) is 19.5. The summed E-state index contributed by atoms with van der Waals surface area (Å²) >= 11 is 12.2. The molecule has 0 aliphatic heterocycles. The Labute approximate surface area is 196 Å². The summed E-state index contributed by atoms with van der Waals surface area (Å²) in [4.78, 5) is 12.6. The van der Waals surface area contributed by atoms with Crippen LogP contribution in [0.4, 0.5) is 11.4 Å². The van der Waals surface area contributed by atoms with Crippen molar-refractivity contribution in [3.63, 3.8) is 0 Å². The maximum atomic E-state index is 13.6. The van der Waals surface area contributed by atoms with Crippen LogP contribution in [0.2, 0.25) is 10.0 Å². The lowest BCUT2D eigenvalue weighted by Crippen LogP contribution is -2.38. The van der Waals surface area contributed by atoms with Gasteiger partial charge in [-0.2, -0.15) is 0 Å². The van der Waals surface area contributed by atoms with Gasteiger partial charge in [-0.05, 0) is 54.6 Å². The van der Waals surface area contributed by atoms with E-state index in [9.17, 15) is 13.2 Å². The molecule has 1 N–H and O–H groups in total. The number of benzene rings is 3. The smallest absolute Gasteiger partial charge is 0.266 e. The van der Waals surface area contributed by atoms with Gasteiger partial charge in [-0.1, -0.05) is 35.3 Å². The van der Waals surface area contributed by atoms with Gasteiger partial charge in [0.15, 0.2) is 0 Å². The number of ether oxygens (including phenoxy) is 2. The number of hydrogen-bond donors (Lipinski definition) is 1. The van der Waals surface area contributed by atoms with Crippen LogP contribution >= 0.6 is 23.2 Å². The average molecular weight is 495 g/mol. The molecule has 0 bridgehead atoms. The first-order valence-corrected chi connectivity index (χ1v) is 11.5. The van der Waals surface area contributed by atoms with E-state index >= 15 is 0 Å². The number of methoxy groups -OCH3 is 2. The quantitative estimate of drug-likeness (QED) is 0.483. The topological polar surface area (TPSA) is 84.9 Å². The van der Waals surface area contributed by atoms with E-state index < -0.39 is 22.5 Å². The Kier molecular flexibility index (Phi) is 7.50. The highest BCUT2D eigenvalue weighted by Gasteiger charge is 2.31. The number of rotatable bonds is 8. The lowest BCUT2D eigenvalue weighted by atomic mass is 10.3. The second-order valence-electron chi connectivity index (χ2n) is 6.53. The van der Waals surface area contributed by atoms with Crippen LogP contribution in [0.3, 0.4) is 0 Å². The molecule has 32 heavy (non-hydrogen) atoms. The summed E-state index contributed by atoms with van der Waals surface area (Å²) in [5, 5.41) is 2.85. The van der Waals surface area contributed by atoms with Crippen molar-refractivity contribution in [2.24, 2.45) is 0 Å². The first-order valence-electron chi connectivity index (χ1n) is 9.31. The number of nitrogens with zero attached hydrogens (tertiary/aromatic N) is 1. The summed E-state index contributed by atoms with van der Waals surface area (Å²) in [6.45, 7) is -0.530. The number of anilines is 2. The van der Waals surface area contributed by atoms with Crippen molar-refractivity contribution in [1.29, 1.82) is 0 Å².